The molecular weight excluding hydrogens is 647 g/mol. The highest BCUT2D eigenvalue weighted by Crippen LogP contribution is 2.29. The summed E-state index contributed by atoms with van der Waals surface area (Å²) in [7, 11) is 0. The second-order valence-corrected chi connectivity index (χ2v) is 9.15. The standard InChI is InChI=1S/C25H32ClF3N6O4.3ClH/c26-17-5-7-21(36)19(14-17)33-24(39)20(13-15-1-3-16(4-2-15)25(27,28)29)34-23(38)18(32)6-8-22(37)35(11-9-30)12-10-31;;;/h1-5,7,14,18,20,36H,6,8-13,30-32H2,(H,33,39)(H,34,38);3*1H/t18-,20+;;;/m0.../s1. The molecular formula is C25H35Cl4F3N6O4. The highest BCUT2D eigenvalue weighted by molar-refractivity contribution is 6.31. The summed E-state index contributed by atoms with van der Waals surface area (Å²) >= 11 is 5.92. The Kier molecular flexibility index (Phi) is 19.4. The van der Waals surface area contributed by atoms with E-state index in [9.17, 15) is 32.7 Å². The molecule has 0 aromatic heterocycles. The van der Waals surface area contributed by atoms with Crippen molar-refractivity contribution in [1.82, 2.24) is 10.2 Å². The van der Waals surface area contributed by atoms with Crippen molar-refractivity contribution < 1.29 is 32.7 Å². The number of nitrogens with zero attached hydrogens (tertiary/aromatic N) is 1. The average Bonchev–Trinajstić information content (AvgIpc) is 2.88. The van der Waals surface area contributed by atoms with Gasteiger partial charge in [0.1, 0.15) is 11.8 Å². The maximum Gasteiger partial charge on any atom is 0.416 e. The van der Waals surface area contributed by atoms with E-state index in [2.05, 4.69) is 10.6 Å². The zero-order valence-corrected chi connectivity index (χ0v) is 25.4. The number of alkyl halides is 3. The molecule has 2 aromatic rings. The zero-order chi connectivity index (χ0) is 29.2. The summed E-state index contributed by atoms with van der Waals surface area (Å²) in [6.45, 7) is 1.06. The molecule has 2 aromatic carbocycles. The predicted molar refractivity (Wildman–Crippen MR) is 162 cm³/mol. The number of benzene rings is 2. The van der Waals surface area contributed by atoms with Crippen LogP contribution < -0.4 is 27.8 Å². The lowest BCUT2D eigenvalue weighted by molar-refractivity contribution is -0.137. The molecule has 0 spiro atoms. The van der Waals surface area contributed by atoms with E-state index in [1.54, 1.807) is 0 Å². The highest BCUT2D eigenvalue weighted by atomic mass is 35.5. The van der Waals surface area contributed by atoms with Crippen LogP contribution in [0.3, 0.4) is 0 Å². The summed E-state index contributed by atoms with van der Waals surface area (Å²) in [5.41, 5.74) is 16.4. The van der Waals surface area contributed by atoms with E-state index in [-0.39, 0.29) is 91.9 Å². The van der Waals surface area contributed by atoms with Gasteiger partial charge < -0.3 is 37.8 Å². The van der Waals surface area contributed by atoms with Gasteiger partial charge in [-0.05, 0) is 42.3 Å². The lowest BCUT2D eigenvalue weighted by Crippen LogP contribution is -2.51. The number of aromatic hydroxyl groups is 1. The number of carbonyl (C=O) groups excluding carboxylic acids is 3. The molecule has 2 atom stereocenters. The fourth-order valence-corrected chi connectivity index (χ4v) is 3.79. The average molecular weight is 682 g/mol. The molecule has 0 aliphatic heterocycles. The van der Waals surface area contributed by atoms with Crippen LogP contribution in [0.15, 0.2) is 42.5 Å². The summed E-state index contributed by atoms with van der Waals surface area (Å²) in [5.74, 6) is -2.11. The normalized spacial score (nSPS) is 12.0. The number of nitrogens with two attached hydrogens (primary N) is 3. The molecule has 0 aliphatic rings. The van der Waals surface area contributed by atoms with Gasteiger partial charge in [0.2, 0.25) is 17.7 Å². The number of phenolic OH excluding ortho intramolecular Hbond substituents is 1. The van der Waals surface area contributed by atoms with Crippen molar-refractivity contribution in [3.05, 3.63) is 58.6 Å². The van der Waals surface area contributed by atoms with Gasteiger partial charge in [0.05, 0.1) is 17.3 Å². The smallest absolute Gasteiger partial charge is 0.416 e. The van der Waals surface area contributed by atoms with E-state index < -0.39 is 35.6 Å². The first kappa shape index (κ1) is 41.6. The summed E-state index contributed by atoms with van der Waals surface area (Å²) in [6.07, 6.45) is -4.84. The number of halogens is 7. The number of hydrogen-bond acceptors (Lipinski definition) is 7. The molecule has 9 N–H and O–H groups in total. The van der Waals surface area contributed by atoms with Crippen LogP contribution in [0.25, 0.3) is 0 Å². The van der Waals surface area contributed by atoms with Gasteiger partial charge in [0.25, 0.3) is 0 Å². The minimum Gasteiger partial charge on any atom is -0.506 e. The minimum absolute atomic E-state index is 0. The van der Waals surface area contributed by atoms with Crippen LogP contribution in [-0.4, -0.2) is 66.0 Å². The van der Waals surface area contributed by atoms with Crippen molar-refractivity contribution >= 4 is 72.2 Å². The number of nitrogens with one attached hydrogen (secondary N) is 2. The van der Waals surface area contributed by atoms with Gasteiger partial charge in [0, 0.05) is 44.0 Å². The van der Waals surface area contributed by atoms with Crippen LogP contribution in [0.1, 0.15) is 24.0 Å². The van der Waals surface area contributed by atoms with Crippen molar-refractivity contribution in [2.45, 2.75) is 37.5 Å². The second kappa shape index (κ2) is 19.6. The maximum atomic E-state index is 13.1. The number of rotatable bonds is 13. The molecule has 0 unspecified atom stereocenters. The van der Waals surface area contributed by atoms with Crippen LogP contribution in [0, 0.1) is 0 Å². The van der Waals surface area contributed by atoms with Crippen LogP contribution >= 0.6 is 48.8 Å². The Hall–Kier alpha value is -2.52. The number of hydrogen-bond donors (Lipinski definition) is 6. The van der Waals surface area contributed by atoms with Gasteiger partial charge in [-0.2, -0.15) is 13.2 Å². The fourth-order valence-electron chi connectivity index (χ4n) is 3.62. The van der Waals surface area contributed by atoms with Crippen molar-refractivity contribution in [3.8, 4) is 5.75 Å². The number of anilines is 1. The lowest BCUT2D eigenvalue weighted by Gasteiger charge is -2.23. The molecule has 0 fully saturated rings. The number of phenols is 1. The molecule has 2 rings (SSSR count). The molecule has 42 heavy (non-hydrogen) atoms. The van der Waals surface area contributed by atoms with E-state index in [0.717, 1.165) is 12.1 Å². The van der Waals surface area contributed by atoms with E-state index in [4.69, 9.17) is 28.8 Å². The summed E-state index contributed by atoms with van der Waals surface area (Å²) in [5, 5.41) is 15.2. The number of carbonyl (C=O) groups is 3. The largest absolute Gasteiger partial charge is 0.506 e. The second-order valence-electron chi connectivity index (χ2n) is 8.71. The van der Waals surface area contributed by atoms with Crippen molar-refractivity contribution in [1.29, 1.82) is 0 Å². The summed E-state index contributed by atoms with van der Waals surface area (Å²) < 4.78 is 38.8. The maximum absolute atomic E-state index is 13.1. The third kappa shape index (κ3) is 13.2. The Morgan fingerprint density at radius 3 is 2.05 bits per heavy atom. The third-order valence-electron chi connectivity index (χ3n) is 5.73. The molecule has 0 bridgehead atoms. The molecule has 0 aliphatic carbocycles. The van der Waals surface area contributed by atoms with Gasteiger partial charge in [-0.25, -0.2) is 0 Å². The molecule has 3 amide bonds. The van der Waals surface area contributed by atoms with E-state index in [1.807, 2.05) is 0 Å². The minimum atomic E-state index is -4.54. The van der Waals surface area contributed by atoms with Gasteiger partial charge in [0.15, 0.2) is 0 Å². The first-order valence-electron chi connectivity index (χ1n) is 12.0. The SMILES string of the molecule is Cl.Cl.Cl.NCCN(CCN)C(=O)CC[C@H](N)C(=O)N[C@H](Cc1ccc(C(F)(F)F)cc1)C(=O)Nc1cc(Cl)ccc1O. The summed E-state index contributed by atoms with van der Waals surface area (Å²) in [4.78, 5) is 39.8. The topological polar surface area (TPSA) is 177 Å². The molecule has 238 valence electrons. The van der Waals surface area contributed by atoms with Gasteiger partial charge in [-0.3, -0.25) is 14.4 Å². The Bertz CT molecular complexity index is 1140. The monoisotopic (exact) mass is 680 g/mol. The Morgan fingerprint density at radius 2 is 1.52 bits per heavy atom. The molecule has 0 heterocycles. The Morgan fingerprint density at radius 1 is 0.952 bits per heavy atom. The van der Waals surface area contributed by atoms with Gasteiger partial charge >= 0.3 is 6.18 Å². The molecule has 0 saturated carbocycles. The first-order chi connectivity index (χ1) is 18.3. The van der Waals surface area contributed by atoms with E-state index in [0.29, 0.717) is 18.7 Å². The predicted octanol–water partition coefficient (Wildman–Crippen LogP) is 2.85. The molecule has 0 radical (unpaired) electrons. The number of amides is 3. The van der Waals surface area contributed by atoms with Gasteiger partial charge in [-0.15, -0.1) is 37.2 Å². The Labute approximate surface area is 265 Å². The first-order valence-corrected chi connectivity index (χ1v) is 12.4. The third-order valence-corrected chi connectivity index (χ3v) is 5.96. The van der Waals surface area contributed by atoms with Crippen molar-refractivity contribution in [3.63, 3.8) is 0 Å². The van der Waals surface area contributed by atoms with Crippen LogP contribution in [0.4, 0.5) is 18.9 Å². The molecule has 10 nitrogen and oxygen atoms in total. The van der Waals surface area contributed by atoms with Gasteiger partial charge in [-0.1, -0.05) is 23.7 Å². The quantitative estimate of drug-likeness (QED) is 0.176. The van der Waals surface area contributed by atoms with E-state index in [1.165, 1.54) is 35.2 Å². The van der Waals surface area contributed by atoms with Crippen LogP contribution in [-0.2, 0) is 27.0 Å². The van der Waals surface area contributed by atoms with Crippen LogP contribution in [0.5, 0.6) is 5.75 Å². The fraction of sp³-hybridized carbons (Fsp3) is 0.400. The summed E-state index contributed by atoms with van der Waals surface area (Å²) in [6, 6.07) is 5.58. The van der Waals surface area contributed by atoms with E-state index >= 15 is 0 Å². The zero-order valence-electron chi connectivity index (χ0n) is 22.2. The Balaban J connectivity index is 0. The lowest BCUT2D eigenvalue weighted by atomic mass is 10.0. The highest BCUT2D eigenvalue weighted by Gasteiger charge is 2.31. The van der Waals surface area contributed by atoms with Crippen molar-refractivity contribution in [2.75, 3.05) is 31.5 Å². The van der Waals surface area contributed by atoms with Crippen LogP contribution in [0.2, 0.25) is 5.02 Å². The molecule has 0 saturated heterocycles. The van der Waals surface area contributed by atoms with Crippen molar-refractivity contribution in [2.24, 2.45) is 17.2 Å². The molecule has 17 heteroatoms.